The molecule has 114 valence electrons. The minimum atomic E-state index is -0.118. The SMILES string of the molecule is CCCCCCCC(CCCCCCC)CC(N)=O. The molecular formula is C17H35NO. The number of carbonyl (C=O) groups excluding carboxylic acids is 1. The summed E-state index contributed by atoms with van der Waals surface area (Å²) >= 11 is 0. The Bertz CT molecular complexity index is 189. The van der Waals surface area contributed by atoms with Crippen LogP contribution in [-0.4, -0.2) is 5.91 Å². The summed E-state index contributed by atoms with van der Waals surface area (Å²) in [6.45, 7) is 4.48. The van der Waals surface area contributed by atoms with E-state index < -0.39 is 0 Å². The van der Waals surface area contributed by atoms with E-state index in [1.807, 2.05) is 0 Å². The highest BCUT2D eigenvalue weighted by atomic mass is 16.1. The molecule has 0 aromatic heterocycles. The van der Waals surface area contributed by atoms with Crippen LogP contribution < -0.4 is 5.73 Å². The first kappa shape index (κ1) is 18.5. The van der Waals surface area contributed by atoms with Crippen LogP contribution in [0.5, 0.6) is 0 Å². The lowest BCUT2D eigenvalue weighted by molar-refractivity contribution is -0.119. The zero-order valence-corrected chi connectivity index (χ0v) is 13.3. The molecule has 0 fully saturated rings. The van der Waals surface area contributed by atoms with E-state index in [-0.39, 0.29) is 5.91 Å². The van der Waals surface area contributed by atoms with Gasteiger partial charge in [0.25, 0.3) is 0 Å². The summed E-state index contributed by atoms with van der Waals surface area (Å²) in [6.07, 6.45) is 16.1. The van der Waals surface area contributed by atoms with Gasteiger partial charge in [0.1, 0.15) is 0 Å². The summed E-state index contributed by atoms with van der Waals surface area (Å²) in [6, 6.07) is 0. The zero-order valence-electron chi connectivity index (χ0n) is 13.3. The van der Waals surface area contributed by atoms with Gasteiger partial charge in [-0.2, -0.15) is 0 Å². The normalized spacial score (nSPS) is 11.1. The monoisotopic (exact) mass is 269 g/mol. The van der Waals surface area contributed by atoms with E-state index in [0.29, 0.717) is 12.3 Å². The van der Waals surface area contributed by atoms with Gasteiger partial charge in [-0.25, -0.2) is 0 Å². The van der Waals surface area contributed by atoms with E-state index in [1.165, 1.54) is 77.0 Å². The number of rotatable bonds is 14. The molecule has 2 nitrogen and oxygen atoms in total. The molecule has 0 rings (SSSR count). The Balaban J connectivity index is 3.66. The van der Waals surface area contributed by atoms with Gasteiger partial charge in [-0.1, -0.05) is 78.1 Å². The highest BCUT2D eigenvalue weighted by Gasteiger charge is 2.11. The molecule has 0 spiro atoms. The molecule has 0 aromatic rings. The minimum Gasteiger partial charge on any atom is -0.370 e. The maximum Gasteiger partial charge on any atom is 0.217 e. The molecule has 0 radical (unpaired) electrons. The molecule has 0 aromatic carbocycles. The largest absolute Gasteiger partial charge is 0.370 e. The highest BCUT2D eigenvalue weighted by molar-refractivity contribution is 5.73. The van der Waals surface area contributed by atoms with Crippen LogP contribution in [0.2, 0.25) is 0 Å². The molecule has 19 heavy (non-hydrogen) atoms. The molecule has 0 heterocycles. The zero-order chi connectivity index (χ0) is 14.3. The molecule has 0 atom stereocenters. The van der Waals surface area contributed by atoms with E-state index in [4.69, 9.17) is 5.73 Å². The summed E-state index contributed by atoms with van der Waals surface area (Å²) in [5.41, 5.74) is 5.36. The highest BCUT2D eigenvalue weighted by Crippen LogP contribution is 2.21. The van der Waals surface area contributed by atoms with Crippen molar-refractivity contribution < 1.29 is 4.79 Å². The second-order valence-corrected chi connectivity index (χ2v) is 5.94. The van der Waals surface area contributed by atoms with E-state index in [2.05, 4.69) is 13.8 Å². The van der Waals surface area contributed by atoms with Crippen LogP contribution in [-0.2, 0) is 4.79 Å². The molecule has 1 amide bonds. The van der Waals surface area contributed by atoms with Gasteiger partial charge in [-0.15, -0.1) is 0 Å². The Hall–Kier alpha value is -0.530. The lowest BCUT2D eigenvalue weighted by atomic mass is 9.91. The van der Waals surface area contributed by atoms with Crippen molar-refractivity contribution in [3.8, 4) is 0 Å². The molecule has 0 saturated carbocycles. The van der Waals surface area contributed by atoms with Gasteiger partial charge >= 0.3 is 0 Å². The average Bonchev–Trinajstić information content (AvgIpc) is 2.37. The number of amides is 1. The standard InChI is InChI=1S/C17H35NO/c1-3-5-7-9-11-13-16(15-17(18)19)14-12-10-8-6-4-2/h16H,3-15H2,1-2H3,(H2,18,19). The van der Waals surface area contributed by atoms with E-state index in [0.717, 1.165) is 0 Å². The van der Waals surface area contributed by atoms with Crippen LogP contribution in [0, 0.1) is 5.92 Å². The molecule has 0 aliphatic heterocycles. The Morgan fingerprint density at radius 2 is 1.21 bits per heavy atom. The number of primary amides is 1. The van der Waals surface area contributed by atoms with Gasteiger partial charge < -0.3 is 5.73 Å². The third-order valence-corrected chi connectivity index (χ3v) is 3.92. The molecule has 0 bridgehead atoms. The Morgan fingerprint density at radius 3 is 1.58 bits per heavy atom. The Labute approximate surface area is 120 Å². The van der Waals surface area contributed by atoms with Crippen LogP contribution in [0.1, 0.15) is 97.3 Å². The number of nitrogens with two attached hydrogens (primary N) is 1. The first-order chi connectivity index (χ1) is 9.20. The first-order valence-electron chi connectivity index (χ1n) is 8.49. The number of hydrogen-bond acceptors (Lipinski definition) is 1. The summed E-state index contributed by atoms with van der Waals surface area (Å²) in [5.74, 6) is 0.424. The van der Waals surface area contributed by atoms with Gasteiger partial charge in [0.05, 0.1) is 0 Å². The molecular weight excluding hydrogens is 234 g/mol. The second kappa shape index (κ2) is 13.9. The van der Waals surface area contributed by atoms with Gasteiger partial charge in [0.15, 0.2) is 0 Å². The fourth-order valence-corrected chi connectivity index (χ4v) is 2.71. The smallest absolute Gasteiger partial charge is 0.217 e. The van der Waals surface area contributed by atoms with Crippen molar-refractivity contribution in [2.75, 3.05) is 0 Å². The van der Waals surface area contributed by atoms with Crippen LogP contribution in [0.4, 0.5) is 0 Å². The van der Waals surface area contributed by atoms with Crippen LogP contribution in [0.3, 0.4) is 0 Å². The number of hydrogen-bond donors (Lipinski definition) is 1. The van der Waals surface area contributed by atoms with Crippen LogP contribution in [0.25, 0.3) is 0 Å². The fraction of sp³-hybridized carbons (Fsp3) is 0.941. The first-order valence-corrected chi connectivity index (χ1v) is 8.49. The van der Waals surface area contributed by atoms with Crippen molar-refractivity contribution in [3.63, 3.8) is 0 Å². The molecule has 2 heteroatoms. The van der Waals surface area contributed by atoms with Crippen LogP contribution >= 0.6 is 0 Å². The van der Waals surface area contributed by atoms with Crippen molar-refractivity contribution in [2.24, 2.45) is 11.7 Å². The lowest BCUT2D eigenvalue weighted by Gasteiger charge is -2.15. The van der Waals surface area contributed by atoms with Gasteiger partial charge in [-0.3, -0.25) is 4.79 Å². The molecule has 0 unspecified atom stereocenters. The van der Waals surface area contributed by atoms with Crippen molar-refractivity contribution in [2.45, 2.75) is 97.3 Å². The molecule has 0 aliphatic carbocycles. The van der Waals surface area contributed by atoms with Gasteiger partial charge in [-0.05, 0) is 18.8 Å². The van der Waals surface area contributed by atoms with Crippen molar-refractivity contribution in [1.29, 1.82) is 0 Å². The van der Waals surface area contributed by atoms with Gasteiger partial charge in [0, 0.05) is 6.42 Å². The molecule has 0 saturated heterocycles. The Morgan fingerprint density at radius 1 is 0.789 bits per heavy atom. The molecule has 2 N–H and O–H groups in total. The topological polar surface area (TPSA) is 43.1 Å². The number of unbranched alkanes of at least 4 members (excludes halogenated alkanes) is 8. The maximum atomic E-state index is 11.1. The van der Waals surface area contributed by atoms with Crippen molar-refractivity contribution >= 4 is 5.91 Å². The van der Waals surface area contributed by atoms with E-state index >= 15 is 0 Å². The van der Waals surface area contributed by atoms with E-state index in [9.17, 15) is 4.79 Å². The summed E-state index contributed by atoms with van der Waals surface area (Å²) in [5, 5.41) is 0. The van der Waals surface area contributed by atoms with Gasteiger partial charge in [0.2, 0.25) is 5.91 Å². The maximum absolute atomic E-state index is 11.1. The quantitative estimate of drug-likeness (QED) is 0.433. The summed E-state index contributed by atoms with van der Waals surface area (Å²) in [7, 11) is 0. The molecule has 0 aliphatic rings. The fourth-order valence-electron chi connectivity index (χ4n) is 2.71. The minimum absolute atomic E-state index is 0.118. The summed E-state index contributed by atoms with van der Waals surface area (Å²) < 4.78 is 0. The second-order valence-electron chi connectivity index (χ2n) is 5.94. The van der Waals surface area contributed by atoms with Crippen molar-refractivity contribution in [3.05, 3.63) is 0 Å². The summed E-state index contributed by atoms with van der Waals surface area (Å²) in [4.78, 5) is 11.1. The number of carbonyl (C=O) groups is 1. The Kier molecular flexibility index (Phi) is 13.5. The van der Waals surface area contributed by atoms with Crippen LogP contribution in [0.15, 0.2) is 0 Å². The third-order valence-electron chi connectivity index (χ3n) is 3.92. The average molecular weight is 269 g/mol. The predicted molar refractivity (Wildman–Crippen MR) is 84.1 cm³/mol. The predicted octanol–water partition coefficient (Wildman–Crippen LogP) is 5.20. The van der Waals surface area contributed by atoms with E-state index in [1.54, 1.807) is 0 Å². The lowest BCUT2D eigenvalue weighted by Crippen LogP contribution is -2.16. The third kappa shape index (κ3) is 13.7. The van der Waals surface area contributed by atoms with Crippen molar-refractivity contribution in [1.82, 2.24) is 0 Å².